The third-order valence-corrected chi connectivity index (χ3v) is 3.84. The van der Waals surface area contributed by atoms with Gasteiger partial charge in [-0.3, -0.25) is 9.78 Å². The maximum absolute atomic E-state index is 12.7. The van der Waals surface area contributed by atoms with E-state index in [0.29, 0.717) is 25.4 Å². The number of hydrogen-bond acceptors (Lipinski definition) is 4. The molecule has 1 aliphatic heterocycles. The van der Waals surface area contributed by atoms with Crippen LogP contribution in [0.2, 0.25) is 0 Å². The number of ether oxygens (including phenoxy) is 1. The summed E-state index contributed by atoms with van der Waals surface area (Å²) in [6, 6.07) is 9.61. The fourth-order valence-corrected chi connectivity index (χ4v) is 2.62. The van der Waals surface area contributed by atoms with Crippen LogP contribution in [0.15, 0.2) is 36.5 Å². The highest BCUT2D eigenvalue weighted by atomic mass is 16.5. The topological polar surface area (TPSA) is 68.5 Å². The van der Waals surface area contributed by atoms with Gasteiger partial charge in [0.15, 0.2) is 0 Å². The average Bonchev–Trinajstić information content (AvgIpc) is 2.53. The van der Waals surface area contributed by atoms with E-state index in [1.807, 2.05) is 37.3 Å². The Balaban J connectivity index is 1.90. The molecular formula is C16H19N3O2. The molecule has 1 aliphatic rings. The smallest absolute Gasteiger partial charge is 0.273 e. The second kappa shape index (κ2) is 5.79. The average molecular weight is 285 g/mol. The standard InChI is InChI=1S/C16H19N3O2/c1-11(17)14-10-19(8-9-21-14)16(20)15-13-5-3-2-4-12(13)6-7-18-15/h2-7,11,14H,8-10,17H2,1H3. The molecule has 1 aromatic heterocycles. The monoisotopic (exact) mass is 285 g/mol. The van der Waals surface area contributed by atoms with Crippen LogP contribution < -0.4 is 5.73 Å². The number of carbonyl (C=O) groups excluding carboxylic acids is 1. The molecule has 0 saturated carbocycles. The lowest BCUT2D eigenvalue weighted by Gasteiger charge is -2.34. The molecule has 2 atom stereocenters. The van der Waals surface area contributed by atoms with E-state index < -0.39 is 0 Å². The number of aromatic nitrogens is 1. The van der Waals surface area contributed by atoms with Crippen LogP contribution in [0, 0.1) is 0 Å². The Bertz CT molecular complexity index is 652. The lowest BCUT2D eigenvalue weighted by Crippen LogP contribution is -2.51. The van der Waals surface area contributed by atoms with E-state index in [-0.39, 0.29) is 18.1 Å². The Morgan fingerprint density at radius 3 is 3.05 bits per heavy atom. The van der Waals surface area contributed by atoms with Crippen molar-refractivity contribution >= 4 is 16.7 Å². The molecule has 0 radical (unpaired) electrons. The Labute approximate surface area is 123 Å². The first-order valence-corrected chi connectivity index (χ1v) is 7.17. The van der Waals surface area contributed by atoms with Crippen LogP contribution >= 0.6 is 0 Å². The van der Waals surface area contributed by atoms with Gasteiger partial charge in [0.05, 0.1) is 12.7 Å². The molecule has 110 valence electrons. The van der Waals surface area contributed by atoms with Crippen LogP contribution in [0.25, 0.3) is 10.8 Å². The van der Waals surface area contributed by atoms with Crippen molar-refractivity contribution < 1.29 is 9.53 Å². The van der Waals surface area contributed by atoms with E-state index in [1.54, 1.807) is 11.1 Å². The third-order valence-electron chi connectivity index (χ3n) is 3.84. The minimum absolute atomic E-state index is 0.0549. The zero-order valence-corrected chi connectivity index (χ0v) is 12.0. The molecule has 0 bridgehead atoms. The van der Waals surface area contributed by atoms with E-state index in [4.69, 9.17) is 10.5 Å². The van der Waals surface area contributed by atoms with Crippen LogP contribution in [-0.2, 0) is 4.74 Å². The van der Waals surface area contributed by atoms with Crippen molar-refractivity contribution in [1.29, 1.82) is 0 Å². The fraction of sp³-hybridized carbons (Fsp3) is 0.375. The predicted octanol–water partition coefficient (Wildman–Crippen LogP) is 1.42. The zero-order valence-electron chi connectivity index (χ0n) is 12.0. The number of benzene rings is 1. The molecule has 2 N–H and O–H groups in total. The largest absolute Gasteiger partial charge is 0.373 e. The van der Waals surface area contributed by atoms with Crippen molar-refractivity contribution in [2.45, 2.75) is 19.1 Å². The predicted molar refractivity (Wildman–Crippen MR) is 81.0 cm³/mol. The second-order valence-corrected chi connectivity index (χ2v) is 5.40. The number of fused-ring (bicyclic) bond motifs is 1. The van der Waals surface area contributed by atoms with Gasteiger partial charge in [-0.15, -0.1) is 0 Å². The van der Waals surface area contributed by atoms with E-state index in [9.17, 15) is 4.79 Å². The van der Waals surface area contributed by atoms with E-state index in [1.165, 1.54) is 0 Å². The number of nitrogens with two attached hydrogens (primary N) is 1. The summed E-state index contributed by atoms with van der Waals surface area (Å²) in [6.07, 6.45) is 1.57. The number of carbonyl (C=O) groups is 1. The SMILES string of the molecule is CC(N)C1CN(C(=O)c2nccc3ccccc23)CCO1. The molecule has 3 rings (SSSR count). The van der Waals surface area contributed by atoms with Gasteiger partial charge in [-0.25, -0.2) is 0 Å². The summed E-state index contributed by atoms with van der Waals surface area (Å²) >= 11 is 0. The minimum Gasteiger partial charge on any atom is -0.373 e. The van der Waals surface area contributed by atoms with Gasteiger partial charge in [0.25, 0.3) is 5.91 Å². The highest BCUT2D eigenvalue weighted by Crippen LogP contribution is 2.19. The number of morpholine rings is 1. The van der Waals surface area contributed by atoms with E-state index in [2.05, 4.69) is 4.98 Å². The Morgan fingerprint density at radius 1 is 1.43 bits per heavy atom. The third kappa shape index (κ3) is 2.75. The van der Waals surface area contributed by atoms with Crippen molar-refractivity contribution in [2.24, 2.45) is 5.73 Å². The molecule has 1 amide bonds. The Morgan fingerprint density at radius 2 is 2.24 bits per heavy atom. The van der Waals surface area contributed by atoms with Gasteiger partial charge >= 0.3 is 0 Å². The summed E-state index contributed by atoms with van der Waals surface area (Å²) in [7, 11) is 0. The van der Waals surface area contributed by atoms with Gasteiger partial charge < -0.3 is 15.4 Å². The number of hydrogen-bond donors (Lipinski definition) is 1. The second-order valence-electron chi connectivity index (χ2n) is 5.40. The van der Waals surface area contributed by atoms with Gasteiger partial charge in [0.1, 0.15) is 5.69 Å². The summed E-state index contributed by atoms with van der Waals surface area (Å²) < 4.78 is 5.60. The minimum atomic E-state index is -0.113. The maximum Gasteiger partial charge on any atom is 0.273 e. The van der Waals surface area contributed by atoms with Crippen molar-refractivity contribution in [1.82, 2.24) is 9.88 Å². The van der Waals surface area contributed by atoms with Crippen LogP contribution in [0.3, 0.4) is 0 Å². The molecule has 0 spiro atoms. The molecule has 2 aromatic rings. The van der Waals surface area contributed by atoms with Crippen molar-refractivity contribution in [3.05, 3.63) is 42.2 Å². The molecule has 5 heteroatoms. The number of rotatable bonds is 2. The molecule has 0 aliphatic carbocycles. The van der Waals surface area contributed by atoms with Gasteiger partial charge in [-0.1, -0.05) is 24.3 Å². The lowest BCUT2D eigenvalue weighted by molar-refractivity contribution is -0.0301. The highest BCUT2D eigenvalue weighted by molar-refractivity contribution is 6.05. The molecule has 21 heavy (non-hydrogen) atoms. The molecule has 1 saturated heterocycles. The summed E-state index contributed by atoms with van der Waals surface area (Å²) in [5.41, 5.74) is 6.38. The Kier molecular flexibility index (Phi) is 3.86. The number of nitrogens with zero attached hydrogens (tertiary/aromatic N) is 2. The van der Waals surface area contributed by atoms with Gasteiger partial charge in [-0.2, -0.15) is 0 Å². The summed E-state index contributed by atoms with van der Waals surface area (Å²) in [6.45, 7) is 3.51. The molecule has 5 nitrogen and oxygen atoms in total. The van der Waals surface area contributed by atoms with Crippen molar-refractivity contribution in [3.63, 3.8) is 0 Å². The van der Waals surface area contributed by atoms with E-state index >= 15 is 0 Å². The first kappa shape index (κ1) is 14.0. The first-order chi connectivity index (χ1) is 10.2. The number of amides is 1. The summed E-state index contributed by atoms with van der Waals surface area (Å²) in [5, 5.41) is 1.90. The quantitative estimate of drug-likeness (QED) is 0.906. The molecule has 2 unspecified atom stereocenters. The van der Waals surface area contributed by atoms with Crippen LogP contribution in [0.4, 0.5) is 0 Å². The van der Waals surface area contributed by atoms with Gasteiger partial charge in [0.2, 0.25) is 0 Å². The van der Waals surface area contributed by atoms with Gasteiger partial charge in [0, 0.05) is 30.7 Å². The van der Waals surface area contributed by atoms with Crippen molar-refractivity contribution in [3.8, 4) is 0 Å². The Hall–Kier alpha value is -1.98. The fourth-order valence-electron chi connectivity index (χ4n) is 2.62. The lowest BCUT2D eigenvalue weighted by atomic mass is 10.1. The van der Waals surface area contributed by atoms with Crippen LogP contribution in [-0.4, -0.2) is 47.6 Å². The van der Waals surface area contributed by atoms with Crippen LogP contribution in [0.1, 0.15) is 17.4 Å². The van der Waals surface area contributed by atoms with E-state index in [0.717, 1.165) is 10.8 Å². The summed E-state index contributed by atoms with van der Waals surface area (Å²) in [4.78, 5) is 18.8. The molecule has 1 fully saturated rings. The maximum atomic E-state index is 12.7. The van der Waals surface area contributed by atoms with Crippen LogP contribution in [0.5, 0.6) is 0 Å². The molecule has 1 aromatic carbocycles. The van der Waals surface area contributed by atoms with Gasteiger partial charge in [-0.05, 0) is 18.4 Å². The van der Waals surface area contributed by atoms with Crippen molar-refractivity contribution in [2.75, 3.05) is 19.7 Å². The highest BCUT2D eigenvalue weighted by Gasteiger charge is 2.28. The summed E-state index contributed by atoms with van der Waals surface area (Å²) in [5.74, 6) is -0.0549. The number of pyridine rings is 1. The molecular weight excluding hydrogens is 266 g/mol. The first-order valence-electron chi connectivity index (χ1n) is 7.17. The molecule has 2 heterocycles. The normalized spacial score (nSPS) is 20.5. The zero-order chi connectivity index (χ0) is 14.8.